The second-order valence-electron chi connectivity index (χ2n) is 10.1. The first-order chi connectivity index (χ1) is 18.4. The van der Waals surface area contributed by atoms with Gasteiger partial charge in [0.15, 0.2) is 0 Å². The fraction of sp³-hybridized carbons (Fsp3) is 0.281. The predicted octanol–water partition coefficient (Wildman–Crippen LogP) is 4.48. The molecule has 3 aromatic carbocycles. The first kappa shape index (κ1) is 27.0. The van der Waals surface area contributed by atoms with Gasteiger partial charge in [-0.15, -0.1) is 0 Å². The summed E-state index contributed by atoms with van der Waals surface area (Å²) in [6.07, 6.45) is 6.55. The standard InChI is InChI=1S/C32H35N3O3/c1-23-17-19-35(20-18-23)22-26-13-11-24(12-14-26)15-16-27-9-5-6-10-28(27)32(38)34-29(30(36)31(33)37)21-25-7-3-2-4-8-25/h2-16,23,29H,17-22H2,1H3,(H2,33,37)(H,34,38)/b16-15+. The summed E-state index contributed by atoms with van der Waals surface area (Å²) in [5.41, 5.74) is 9.52. The van der Waals surface area contributed by atoms with E-state index >= 15 is 0 Å². The summed E-state index contributed by atoms with van der Waals surface area (Å²) in [7, 11) is 0. The highest BCUT2D eigenvalue weighted by Crippen LogP contribution is 2.19. The largest absolute Gasteiger partial charge is 0.363 e. The molecule has 0 spiro atoms. The number of hydrogen-bond acceptors (Lipinski definition) is 4. The van der Waals surface area contributed by atoms with Crippen molar-refractivity contribution in [1.82, 2.24) is 10.2 Å². The predicted molar refractivity (Wildman–Crippen MR) is 151 cm³/mol. The molecule has 3 aromatic rings. The lowest BCUT2D eigenvalue weighted by molar-refractivity contribution is -0.137. The molecule has 3 N–H and O–H groups in total. The fourth-order valence-corrected chi connectivity index (χ4v) is 4.71. The molecule has 0 saturated carbocycles. The highest BCUT2D eigenvalue weighted by Gasteiger charge is 2.26. The number of nitrogens with one attached hydrogen (secondary N) is 1. The number of rotatable bonds is 10. The van der Waals surface area contributed by atoms with Gasteiger partial charge in [-0.1, -0.05) is 91.9 Å². The molecule has 6 nitrogen and oxygen atoms in total. The van der Waals surface area contributed by atoms with Crippen molar-refractivity contribution in [1.29, 1.82) is 0 Å². The third kappa shape index (κ3) is 7.49. The van der Waals surface area contributed by atoms with E-state index in [-0.39, 0.29) is 6.42 Å². The topological polar surface area (TPSA) is 92.5 Å². The summed E-state index contributed by atoms with van der Waals surface area (Å²) in [4.78, 5) is 39.8. The van der Waals surface area contributed by atoms with Gasteiger partial charge in [0.25, 0.3) is 11.8 Å². The van der Waals surface area contributed by atoms with Crippen molar-refractivity contribution in [2.75, 3.05) is 13.1 Å². The second kappa shape index (κ2) is 13.0. The third-order valence-electron chi connectivity index (χ3n) is 7.07. The second-order valence-corrected chi connectivity index (χ2v) is 10.1. The zero-order chi connectivity index (χ0) is 26.9. The van der Waals surface area contributed by atoms with Crippen LogP contribution in [0.25, 0.3) is 12.2 Å². The van der Waals surface area contributed by atoms with Crippen molar-refractivity contribution >= 4 is 29.7 Å². The lowest BCUT2D eigenvalue weighted by Crippen LogP contribution is -2.47. The molecule has 38 heavy (non-hydrogen) atoms. The molecule has 196 valence electrons. The minimum absolute atomic E-state index is 0.176. The van der Waals surface area contributed by atoms with Crippen molar-refractivity contribution in [3.05, 3.63) is 107 Å². The van der Waals surface area contributed by atoms with Gasteiger partial charge in [0.05, 0.1) is 0 Å². The normalized spacial score (nSPS) is 15.3. The molecular weight excluding hydrogens is 474 g/mol. The minimum Gasteiger partial charge on any atom is -0.363 e. The van der Waals surface area contributed by atoms with E-state index in [0.717, 1.165) is 36.7 Å². The molecule has 2 amide bonds. The molecule has 1 atom stereocenters. The SMILES string of the molecule is CC1CCN(Cc2ccc(/C=C/c3ccccc3C(=O)NC(Cc3ccccc3)C(=O)C(N)=O)cc2)CC1. The highest BCUT2D eigenvalue weighted by molar-refractivity contribution is 6.38. The molecule has 1 aliphatic heterocycles. The van der Waals surface area contributed by atoms with E-state index in [1.165, 1.54) is 18.4 Å². The van der Waals surface area contributed by atoms with Gasteiger partial charge in [0, 0.05) is 18.5 Å². The number of benzene rings is 3. The highest BCUT2D eigenvalue weighted by atomic mass is 16.2. The minimum atomic E-state index is -1.07. The van der Waals surface area contributed by atoms with E-state index < -0.39 is 23.6 Å². The summed E-state index contributed by atoms with van der Waals surface area (Å²) < 4.78 is 0. The van der Waals surface area contributed by atoms with E-state index in [1.807, 2.05) is 54.6 Å². The fourth-order valence-electron chi connectivity index (χ4n) is 4.71. The smallest absolute Gasteiger partial charge is 0.287 e. The number of likely N-dealkylation sites (tertiary alicyclic amines) is 1. The summed E-state index contributed by atoms with van der Waals surface area (Å²) in [6.45, 7) is 5.59. The van der Waals surface area contributed by atoms with E-state index in [4.69, 9.17) is 5.73 Å². The van der Waals surface area contributed by atoms with Crippen molar-refractivity contribution < 1.29 is 14.4 Å². The molecule has 0 aromatic heterocycles. The van der Waals surface area contributed by atoms with Gasteiger partial charge < -0.3 is 11.1 Å². The first-order valence-electron chi connectivity index (χ1n) is 13.2. The van der Waals surface area contributed by atoms with Crippen LogP contribution in [0.3, 0.4) is 0 Å². The Kier molecular flexibility index (Phi) is 9.22. The first-order valence-corrected chi connectivity index (χ1v) is 13.2. The number of ketones is 1. The number of carbonyl (C=O) groups excluding carboxylic acids is 3. The lowest BCUT2D eigenvalue weighted by atomic mass is 9.98. The van der Waals surface area contributed by atoms with Crippen LogP contribution in [-0.2, 0) is 22.6 Å². The maximum Gasteiger partial charge on any atom is 0.287 e. The van der Waals surface area contributed by atoms with E-state index in [9.17, 15) is 14.4 Å². The average Bonchev–Trinajstić information content (AvgIpc) is 2.94. The summed E-state index contributed by atoms with van der Waals surface area (Å²) in [5, 5.41) is 2.72. The maximum absolute atomic E-state index is 13.2. The van der Waals surface area contributed by atoms with E-state index in [2.05, 4.69) is 41.4 Å². The van der Waals surface area contributed by atoms with Crippen LogP contribution in [-0.4, -0.2) is 41.6 Å². The Labute approximate surface area is 224 Å². The molecule has 1 fully saturated rings. The Morgan fingerprint density at radius 2 is 1.55 bits per heavy atom. The number of primary amides is 1. The van der Waals surface area contributed by atoms with Gasteiger partial charge in [-0.2, -0.15) is 0 Å². The molecule has 0 bridgehead atoms. The van der Waals surface area contributed by atoms with Gasteiger partial charge in [-0.25, -0.2) is 0 Å². The van der Waals surface area contributed by atoms with Crippen molar-refractivity contribution in [3.63, 3.8) is 0 Å². The molecule has 1 heterocycles. The summed E-state index contributed by atoms with van der Waals surface area (Å²) in [5.74, 6) is -1.51. The molecule has 6 heteroatoms. The summed E-state index contributed by atoms with van der Waals surface area (Å²) in [6, 6.07) is 23.8. The number of piperidine rings is 1. The zero-order valence-electron chi connectivity index (χ0n) is 21.8. The quantitative estimate of drug-likeness (QED) is 0.311. The maximum atomic E-state index is 13.2. The van der Waals surface area contributed by atoms with Crippen molar-refractivity contribution in [2.24, 2.45) is 11.7 Å². The number of nitrogens with zero attached hydrogens (tertiary/aromatic N) is 1. The Morgan fingerprint density at radius 3 is 2.24 bits per heavy atom. The zero-order valence-corrected chi connectivity index (χ0v) is 21.8. The van der Waals surface area contributed by atoms with Crippen LogP contribution >= 0.6 is 0 Å². The number of nitrogens with two attached hydrogens (primary N) is 1. The van der Waals surface area contributed by atoms with Gasteiger partial charge in [0.1, 0.15) is 6.04 Å². The monoisotopic (exact) mass is 509 g/mol. The van der Waals surface area contributed by atoms with Crippen molar-refractivity contribution in [3.8, 4) is 0 Å². The van der Waals surface area contributed by atoms with E-state index in [0.29, 0.717) is 11.1 Å². The Bertz CT molecular complexity index is 1280. The Morgan fingerprint density at radius 1 is 0.895 bits per heavy atom. The molecule has 1 saturated heterocycles. The van der Waals surface area contributed by atoms with Crippen LogP contribution in [0.4, 0.5) is 0 Å². The number of amides is 2. The molecule has 4 rings (SSSR count). The van der Waals surface area contributed by atoms with Crippen LogP contribution in [0.5, 0.6) is 0 Å². The van der Waals surface area contributed by atoms with E-state index in [1.54, 1.807) is 12.1 Å². The van der Waals surface area contributed by atoms with Crippen LogP contribution in [0.2, 0.25) is 0 Å². The average molecular weight is 510 g/mol. The van der Waals surface area contributed by atoms with Crippen LogP contribution < -0.4 is 11.1 Å². The molecular formula is C32H35N3O3. The number of hydrogen-bond donors (Lipinski definition) is 2. The van der Waals surface area contributed by atoms with Crippen molar-refractivity contribution in [2.45, 2.75) is 38.8 Å². The van der Waals surface area contributed by atoms with Crippen LogP contribution in [0.15, 0.2) is 78.9 Å². The number of carbonyl (C=O) groups is 3. The number of Topliss-reactive ketones (excluding diaryl/α,β-unsaturated/α-hetero) is 1. The molecule has 0 radical (unpaired) electrons. The Balaban J connectivity index is 1.44. The van der Waals surface area contributed by atoms with Gasteiger partial charge in [-0.3, -0.25) is 19.3 Å². The lowest BCUT2D eigenvalue weighted by Gasteiger charge is -2.30. The molecule has 0 aliphatic carbocycles. The Hall–Kier alpha value is -4.03. The van der Waals surface area contributed by atoms with Gasteiger partial charge >= 0.3 is 0 Å². The van der Waals surface area contributed by atoms with Gasteiger partial charge in [-0.05, 0) is 60.2 Å². The van der Waals surface area contributed by atoms with Gasteiger partial charge in [0.2, 0.25) is 5.78 Å². The van der Waals surface area contributed by atoms with Crippen LogP contribution in [0, 0.1) is 5.92 Å². The summed E-state index contributed by atoms with van der Waals surface area (Å²) >= 11 is 0. The van der Waals surface area contributed by atoms with Crippen LogP contribution in [0.1, 0.15) is 52.4 Å². The molecule has 1 unspecified atom stereocenters. The molecule has 1 aliphatic rings. The third-order valence-corrected chi connectivity index (χ3v) is 7.07.